The number of piperidine rings is 1. The van der Waals surface area contributed by atoms with E-state index in [1.54, 1.807) is 18.2 Å². The van der Waals surface area contributed by atoms with Crippen LogP contribution < -0.4 is 15.0 Å². The molecular weight excluding hydrogens is 464 g/mol. The van der Waals surface area contributed by atoms with Crippen molar-refractivity contribution in [2.45, 2.75) is 70.8 Å². The number of hydrogen-bond donors (Lipinski definition) is 2. The van der Waals surface area contributed by atoms with Gasteiger partial charge in [0.05, 0.1) is 5.56 Å². The standard InChI is InChI=1S/C28H37ClN2O4/c1-4-5-9-21(20-10-13-23(14-11-20)35-28(2,3)27(33)34)19-30-26(32)24-18-22(29)12-15-25(24)31-16-7-6-8-17-31/h10-15,18,21H,4-9,16-17,19H2,1-3H3,(H,30,32)(H,33,34). The van der Waals surface area contributed by atoms with Crippen molar-refractivity contribution < 1.29 is 19.4 Å². The number of hydrogen-bond acceptors (Lipinski definition) is 4. The maximum Gasteiger partial charge on any atom is 0.347 e. The van der Waals surface area contributed by atoms with Gasteiger partial charge in [-0.25, -0.2) is 4.79 Å². The number of carbonyl (C=O) groups is 2. The van der Waals surface area contributed by atoms with Crippen molar-refractivity contribution in [3.63, 3.8) is 0 Å². The number of ether oxygens (including phenoxy) is 1. The van der Waals surface area contributed by atoms with Gasteiger partial charge in [0.2, 0.25) is 0 Å². The molecule has 0 aromatic heterocycles. The zero-order valence-electron chi connectivity index (χ0n) is 21.0. The van der Waals surface area contributed by atoms with Crippen molar-refractivity contribution in [2.24, 2.45) is 0 Å². The first-order valence-electron chi connectivity index (χ1n) is 12.6. The first-order chi connectivity index (χ1) is 16.7. The maximum absolute atomic E-state index is 13.3. The first-order valence-corrected chi connectivity index (χ1v) is 12.9. The van der Waals surface area contributed by atoms with Gasteiger partial charge in [0.15, 0.2) is 5.60 Å². The van der Waals surface area contributed by atoms with Crippen LogP contribution in [0, 0.1) is 0 Å². The number of nitrogens with zero attached hydrogens (tertiary/aromatic N) is 1. The SMILES string of the molecule is CCCCC(CNC(=O)c1cc(Cl)ccc1N1CCCCC1)c1ccc(OC(C)(C)C(=O)O)cc1. The summed E-state index contributed by atoms with van der Waals surface area (Å²) >= 11 is 6.26. The molecule has 0 spiro atoms. The molecule has 0 aliphatic carbocycles. The maximum atomic E-state index is 13.3. The molecule has 0 radical (unpaired) electrons. The van der Waals surface area contributed by atoms with Gasteiger partial charge in [0, 0.05) is 36.3 Å². The van der Waals surface area contributed by atoms with Gasteiger partial charge in [-0.05, 0) is 75.4 Å². The van der Waals surface area contributed by atoms with Gasteiger partial charge in [-0.1, -0.05) is 43.5 Å². The van der Waals surface area contributed by atoms with Crippen LogP contribution in [0.5, 0.6) is 5.75 Å². The van der Waals surface area contributed by atoms with Crippen molar-refractivity contribution in [1.82, 2.24) is 5.32 Å². The van der Waals surface area contributed by atoms with E-state index in [0.717, 1.165) is 56.4 Å². The summed E-state index contributed by atoms with van der Waals surface area (Å²) in [5.74, 6) is -0.490. The Hall–Kier alpha value is -2.73. The highest BCUT2D eigenvalue weighted by atomic mass is 35.5. The molecular formula is C28H37ClN2O4. The number of carboxylic acid groups (broad SMARTS) is 1. The van der Waals surface area contributed by atoms with E-state index in [0.29, 0.717) is 22.9 Å². The average molecular weight is 501 g/mol. The van der Waals surface area contributed by atoms with Crippen LogP contribution in [-0.2, 0) is 4.79 Å². The highest BCUT2D eigenvalue weighted by molar-refractivity contribution is 6.31. The predicted octanol–water partition coefficient (Wildman–Crippen LogP) is 6.28. The van der Waals surface area contributed by atoms with Crippen LogP contribution in [0.4, 0.5) is 5.69 Å². The molecule has 1 unspecified atom stereocenters. The van der Waals surface area contributed by atoms with Crippen LogP contribution >= 0.6 is 11.6 Å². The van der Waals surface area contributed by atoms with Crippen LogP contribution in [-0.4, -0.2) is 42.2 Å². The van der Waals surface area contributed by atoms with E-state index in [1.807, 2.05) is 24.3 Å². The zero-order valence-corrected chi connectivity index (χ0v) is 21.7. The number of carboxylic acids is 1. The summed E-state index contributed by atoms with van der Waals surface area (Å²) in [5, 5.41) is 13.0. The summed E-state index contributed by atoms with van der Waals surface area (Å²) in [5.41, 5.74) is 1.34. The highest BCUT2D eigenvalue weighted by Crippen LogP contribution is 2.29. The lowest BCUT2D eigenvalue weighted by Crippen LogP contribution is -2.37. The van der Waals surface area contributed by atoms with Crippen LogP contribution in [0.15, 0.2) is 42.5 Å². The molecule has 1 aliphatic heterocycles. The Kier molecular flexibility index (Phi) is 9.44. The van der Waals surface area contributed by atoms with Crippen molar-refractivity contribution in [1.29, 1.82) is 0 Å². The van der Waals surface area contributed by atoms with E-state index in [-0.39, 0.29) is 11.8 Å². The van der Waals surface area contributed by atoms with Gasteiger partial charge in [-0.15, -0.1) is 0 Å². The molecule has 1 atom stereocenters. The molecule has 6 nitrogen and oxygen atoms in total. The van der Waals surface area contributed by atoms with Gasteiger partial charge in [0.1, 0.15) is 5.75 Å². The quantitative estimate of drug-likeness (QED) is 0.380. The van der Waals surface area contributed by atoms with E-state index in [4.69, 9.17) is 16.3 Å². The average Bonchev–Trinajstić information content (AvgIpc) is 2.85. The molecule has 190 valence electrons. The van der Waals surface area contributed by atoms with Crippen molar-refractivity contribution in [3.8, 4) is 5.75 Å². The van der Waals surface area contributed by atoms with Crippen molar-refractivity contribution in [2.75, 3.05) is 24.5 Å². The van der Waals surface area contributed by atoms with Crippen molar-refractivity contribution >= 4 is 29.2 Å². The molecule has 1 amide bonds. The summed E-state index contributed by atoms with van der Waals surface area (Å²) in [6.07, 6.45) is 6.53. The fraction of sp³-hybridized carbons (Fsp3) is 0.500. The molecule has 7 heteroatoms. The molecule has 1 saturated heterocycles. The molecule has 1 fully saturated rings. The molecule has 1 heterocycles. The molecule has 2 aromatic rings. The summed E-state index contributed by atoms with van der Waals surface area (Å²) in [6, 6.07) is 13.1. The summed E-state index contributed by atoms with van der Waals surface area (Å²) in [6.45, 7) is 7.61. The van der Waals surface area contributed by atoms with E-state index in [9.17, 15) is 14.7 Å². The Labute approximate surface area is 213 Å². The summed E-state index contributed by atoms with van der Waals surface area (Å²) in [7, 11) is 0. The van der Waals surface area contributed by atoms with Gasteiger partial charge in [-0.2, -0.15) is 0 Å². The van der Waals surface area contributed by atoms with E-state index >= 15 is 0 Å². The fourth-order valence-corrected chi connectivity index (χ4v) is 4.57. The third-order valence-electron chi connectivity index (χ3n) is 6.55. The predicted molar refractivity (Wildman–Crippen MR) is 141 cm³/mol. The first kappa shape index (κ1) is 26.9. The number of benzene rings is 2. The Balaban J connectivity index is 1.72. The monoisotopic (exact) mass is 500 g/mol. The second kappa shape index (κ2) is 12.3. The normalized spacial score (nSPS) is 14.9. The number of rotatable bonds is 11. The molecule has 1 aliphatic rings. The Morgan fingerprint density at radius 3 is 2.43 bits per heavy atom. The lowest BCUT2D eigenvalue weighted by atomic mass is 9.93. The Morgan fingerprint density at radius 2 is 1.80 bits per heavy atom. The number of unbranched alkanes of at least 4 members (excludes halogenated alkanes) is 1. The molecule has 2 N–H and O–H groups in total. The van der Waals surface area contributed by atoms with E-state index in [1.165, 1.54) is 20.3 Å². The molecule has 3 rings (SSSR count). The van der Waals surface area contributed by atoms with Crippen LogP contribution in [0.2, 0.25) is 5.02 Å². The molecule has 0 bridgehead atoms. The highest BCUT2D eigenvalue weighted by Gasteiger charge is 2.29. The number of aliphatic carboxylic acids is 1. The number of nitrogens with one attached hydrogen (secondary N) is 1. The second-order valence-corrected chi connectivity index (χ2v) is 10.2. The Morgan fingerprint density at radius 1 is 1.11 bits per heavy atom. The van der Waals surface area contributed by atoms with Gasteiger partial charge < -0.3 is 20.1 Å². The van der Waals surface area contributed by atoms with Gasteiger partial charge in [0.25, 0.3) is 5.91 Å². The smallest absolute Gasteiger partial charge is 0.347 e. The number of amides is 1. The number of halogens is 1. The van der Waals surface area contributed by atoms with Crippen LogP contribution in [0.25, 0.3) is 0 Å². The molecule has 35 heavy (non-hydrogen) atoms. The third kappa shape index (κ3) is 7.38. The molecule has 2 aromatic carbocycles. The van der Waals surface area contributed by atoms with Crippen molar-refractivity contribution in [3.05, 3.63) is 58.6 Å². The second-order valence-electron chi connectivity index (χ2n) is 9.74. The largest absolute Gasteiger partial charge is 0.478 e. The van der Waals surface area contributed by atoms with Crippen LogP contribution in [0.1, 0.15) is 81.1 Å². The summed E-state index contributed by atoms with van der Waals surface area (Å²) in [4.78, 5) is 26.9. The summed E-state index contributed by atoms with van der Waals surface area (Å²) < 4.78 is 5.63. The number of anilines is 1. The topological polar surface area (TPSA) is 78.9 Å². The van der Waals surface area contributed by atoms with Gasteiger partial charge >= 0.3 is 5.97 Å². The van der Waals surface area contributed by atoms with Crippen LogP contribution in [0.3, 0.4) is 0 Å². The lowest BCUT2D eigenvalue weighted by molar-refractivity contribution is -0.152. The van der Waals surface area contributed by atoms with E-state index in [2.05, 4.69) is 17.1 Å². The fourth-order valence-electron chi connectivity index (χ4n) is 4.40. The minimum Gasteiger partial charge on any atom is -0.478 e. The minimum atomic E-state index is -1.31. The third-order valence-corrected chi connectivity index (χ3v) is 6.79. The zero-order chi connectivity index (χ0) is 25.4. The Bertz CT molecular complexity index is 1000. The lowest BCUT2D eigenvalue weighted by Gasteiger charge is -2.30. The van der Waals surface area contributed by atoms with E-state index < -0.39 is 11.6 Å². The minimum absolute atomic E-state index is 0.113. The molecule has 0 saturated carbocycles. The number of carbonyl (C=O) groups excluding carboxylic acids is 1. The van der Waals surface area contributed by atoms with Gasteiger partial charge in [-0.3, -0.25) is 4.79 Å².